The number of primary amides is 1. The van der Waals surface area contributed by atoms with Crippen LogP contribution >= 0.6 is 23.5 Å². The molecule has 222 valence electrons. The van der Waals surface area contributed by atoms with E-state index in [9.17, 15) is 4.79 Å². The number of hydrogen-bond donors (Lipinski definition) is 2. The first-order valence-electron chi connectivity index (χ1n) is 14.3. The molecule has 0 saturated heterocycles. The molecule has 0 unspecified atom stereocenters. The van der Waals surface area contributed by atoms with E-state index in [0.717, 1.165) is 34.8 Å². The number of amides is 1. The Balaban J connectivity index is 0.000000177. The molecule has 0 aromatic heterocycles. The average Bonchev–Trinajstić information content (AvgIpc) is 3.01. The summed E-state index contributed by atoms with van der Waals surface area (Å²) in [5, 5.41) is 12.6. The molecule has 1 amide bonds. The summed E-state index contributed by atoms with van der Waals surface area (Å²) in [6, 6.07) is 27.2. The lowest BCUT2D eigenvalue weighted by Crippen LogP contribution is -2.20. The largest absolute Gasteiger partial charge is 0.365 e. The van der Waals surface area contributed by atoms with Gasteiger partial charge in [-0.25, -0.2) is 0 Å². The molecule has 4 aromatic rings. The number of nitrogens with zero attached hydrogens (tertiary/aromatic N) is 4. The van der Waals surface area contributed by atoms with Crippen LogP contribution in [0.2, 0.25) is 0 Å². The van der Waals surface area contributed by atoms with Crippen LogP contribution < -0.4 is 21.4 Å². The second-order valence-corrected chi connectivity index (χ2v) is 12.6. The zero-order chi connectivity index (χ0) is 31.4. The number of fused-ring (bicyclic) bond motifs is 4. The minimum Gasteiger partial charge on any atom is -0.365 e. The Bertz CT molecular complexity index is 1840. The predicted octanol–water partition coefficient (Wildman–Crippen LogP) is 7.92. The van der Waals surface area contributed by atoms with Crippen molar-refractivity contribution in [2.45, 2.75) is 47.3 Å². The van der Waals surface area contributed by atoms with E-state index in [-0.39, 0.29) is 5.57 Å². The molecule has 7 nitrogen and oxygen atoms in total. The standard InChI is InChI=1S/C19H17N3OS.C16H17N3S/c1-3-22-15-6-5-13(9-14(11-20)19(21)23)10-18(15)24-17-7-4-12(2)8-16(17)22;1-3-19-13-6-5-12(10-18-17)9-16(13)20-15-7-4-11(2)8-14(15)19/h4-10H,3H2,1-2H3,(H2,21,23);4-10H,3,17H2,1-2H3/b;18-10+. The number of aryl methyl sites for hydroxylation is 2. The van der Waals surface area contributed by atoms with E-state index in [1.54, 1.807) is 29.7 Å². The number of hydrogen-bond acceptors (Lipinski definition) is 8. The second-order valence-electron chi connectivity index (χ2n) is 10.4. The molecule has 0 fully saturated rings. The van der Waals surface area contributed by atoms with Gasteiger partial charge in [0.15, 0.2) is 0 Å². The molecule has 2 aliphatic heterocycles. The average molecular weight is 619 g/mol. The molecule has 44 heavy (non-hydrogen) atoms. The van der Waals surface area contributed by atoms with Crippen molar-refractivity contribution in [2.75, 3.05) is 22.9 Å². The zero-order valence-corrected chi connectivity index (χ0v) is 26.8. The van der Waals surface area contributed by atoms with Gasteiger partial charge in [0.05, 0.1) is 29.0 Å². The first-order chi connectivity index (χ1) is 21.3. The van der Waals surface area contributed by atoms with Gasteiger partial charge in [-0.05, 0) is 105 Å². The maximum absolute atomic E-state index is 11.2. The molecule has 2 heterocycles. The number of carbonyl (C=O) groups is 1. The van der Waals surface area contributed by atoms with Crippen LogP contribution in [-0.2, 0) is 4.79 Å². The maximum atomic E-state index is 11.2. The van der Waals surface area contributed by atoms with Gasteiger partial charge in [-0.15, -0.1) is 0 Å². The van der Waals surface area contributed by atoms with E-state index in [1.807, 2.05) is 24.3 Å². The van der Waals surface area contributed by atoms with Gasteiger partial charge < -0.3 is 21.4 Å². The van der Waals surface area contributed by atoms with Crippen molar-refractivity contribution in [2.24, 2.45) is 16.7 Å². The highest BCUT2D eigenvalue weighted by atomic mass is 32.2. The van der Waals surface area contributed by atoms with E-state index < -0.39 is 5.91 Å². The summed E-state index contributed by atoms with van der Waals surface area (Å²) in [5.41, 5.74) is 14.4. The molecule has 0 bridgehead atoms. The summed E-state index contributed by atoms with van der Waals surface area (Å²) >= 11 is 3.50. The SMILES string of the molecule is CCN1c2ccc(/C=N/N)cc2Sc2ccc(C)cc21.CCN1c2ccc(C=C(C#N)C(N)=O)cc2Sc2ccc(C)cc21. The van der Waals surface area contributed by atoms with Gasteiger partial charge in [0, 0.05) is 32.7 Å². The van der Waals surface area contributed by atoms with Crippen LogP contribution in [0.15, 0.2) is 103 Å². The number of carbonyl (C=O) groups excluding carboxylic acids is 1. The van der Waals surface area contributed by atoms with Crippen molar-refractivity contribution in [3.8, 4) is 6.07 Å². The number of nitriles is 1. The van der Waals surface area contributed by atoms with E-state index in [2.05, 4.69) is 97.2 Å². The molecule has 9 heteroatoms. The Labute approximate surface area is 267 Å². The fourth-order valence-corrected chi connectivity index (χ4v) is 7.53. The van der Waals surface area contributed by atoms with Gasteiger partial charge in [0.1, 0.15) is 11.6 Å². The Hall–Kier alpha value is -4.65. The lowest BCUT2D eigenvalue weighted by atomic mass is 10.1. The number of nitrogens with two attached hydrogens (primary N) is 2. The third kappa shape index (κ3) is 6.32. The lowest BCUT2D eigenvalue weighted by Gasteiger charge is -2.32. The van der Waals surface area contributed by atoms with Gasteiger partial charge in [-0.1, -0.05) is 47.8 Å². The molecule has 0 atom stereocenters. The maximum Gasteiger partial charge on any atom is 0.259 e. The van der Waals surface area contributed by atoms with Crippen molar-refractivity contribution >= 4 is 64.5 Å². The molecule has 4 aromatic carbocycles. The molecule has 2 aliphatic rings. The van der Waals surface area contributed by atoms with E-state index in [4.69, 9.17) is 16.8 Å². The number of benzene rings is 4. The monoisotopic (exact) mass is 618 g/mol. The molecule has 0 spiro atoms. The fraction of sp³-hybridized carbons (Fsp3) is 0.171. The molecule has 4 N–H and O–H groups in total. The summed E-state index contributed by atoms with van der Waals surface area (Å²) in [5.74, 6) is 4.53. The highest BCUT2D eigenvalue weighted by Gasteiger charge is 2.24. The van der Waals surface area contributed by atoms with Crippen LogP contribution in [0.3, 0.4) is 0 Å². The van der Waals surface area contributed by atoms with Crippen molar-refractivity contribution in [1.82, 2.24) is 0 Å². The van der Waals surface area contributed by atoms with Crippen LogP contribution in [0.4, 0.5) is 22.7 Å². The van der Waals surface area contributed by atoms with Gasteiger partial charge in [0.2, 0.25) is 0 Å². The highest BCUT2D eigenvalue weighted by molar-refractivity contribution is 8.00. The first-order valence-corrected chi connectivity index (χ1v) is 15.9. The Kier molecular flexibility index (Phi) is 9.33. The van der Waals surface area contributed by atoms with Gasteiger partial charge in [-0.3, -0.25) is 4.79 Å². The molecule has 0 radical (unpaired) electrons. The van der Waals surface area contributed by atoms with Gasteiger partial charge >= 0.3 is 0 Å². The van der Waals surface area contributed by atoms with Crippen LogP contribution in [0, 0.1) is 25.2 Å². The van der Waals surface area contributed by atoms with Crippen LogP contribution in [0.5, 0.6) is 0 Å². The van der Waals surface area contributed by atoms with Crippen LogP contribution in [0.25, 0.3) is 6.08 Å². The molecular weight excluding hydrogens is 585 g/mol. The van der Waals surface area contributed by atoms with E-state index >= 15 is 0 Å². The van der Waals surface area contributed by atoms with Crippen LogP contribution in [-0.4, -0.2) is 25.2 Å². The topological polar surface area (TPSA) is 112 Å². The first kappa shape index (κ1) is 30.8. The molecule has 6 rings (SSSR count). The summed E-state index contributed by atoms with van der Waals surface area (Å²) in [6.45, 7) is 10.4. The Morgan fingerprint density at radius 1 is 0.773 bits per heavy atom. The minimum atomic E-state index is -0.709. The Morgan fingerprint density at radius 3 is 1.73 bits per heavy atom. The van der Waals surface area contributed by atoms with Crippen LogP contribution in [0.1, 0.15) is 36.1 Å². The van der Waals surface area contributed by atoms with Crippen molar-refractivity contribution < 1.29 is 4.79 Å². The van der Waals surface area contributed by atoms with Crippen molar-refractivity contribution in [3.05, 3.63) is 101 Å². The quantitative estimate of drug-likeness (QED) is 0.0768. The number of rotatable bonds is 5. The summed E-state index contributed by atoms with van der Waals surface area (Å²) in [4.78, 5) is 20.7. The normalized spacial score (nSPS) is 13.2. The smallest absolute Gasteiger partial charge is 0.259 e. The zero-order valence-electron chi connectivity index (χ0n) is 25.2. The minimum absolute atomic E-state index is 0.0425. The predicted molar refractivity (Wildman–Crippen MR) is 183 cm³/mol. The van der Waals surface area contributed by atoms with E-state index in [1.165, 1.54) is 49.0 Å². The van der Waals surface area contributed by atoms with Gasteiger partial charge in [-0.2, -0.15) is 10.4 Å². The third-order valence-electron chi connectivity index (χ3n) is 7.35. The van der Waals surface area contributed by atoms with Gasteiger partial charge in [0.25, 0.3) is 5.91 Å². The fourth-order valence-electron chi connectivity index (χ4n) is 5.28. The second kappa shape index (κ2) is 13.3. The molecule has 0 aliphatic carbocycles. The number of anilines is 4. The Morgan fingerprint density at radius 2 is 1.27 bits per heavy atom. The molecular formula is C35H34N6OS2. The molecule has 0 saturated carbocycles. The van der Waals surface area contributed by atoms with Crippen molar-refractivity contribution in [3.63, 3.8) is 0 Å². The summed E-state index contributed by atoms with van der Waals surface area (Å²) in [6.07, 6.45) is 3.21. The third-order valence-corrected chi connectivity index (χ3v) is 9.58. The van der Waals surface area contributed by atoms with E-state index in [0.29, 0.717) is 0 Å². The summed E-state index contributed by atoms with van der Waals surface area (Å²) in [7, 11) is 0. The summed E-state index contributed by atoms with van der Waals surface area (Å²) < 4.78 is 0. The lowest BCUT2D eigenvalue weighted by molar-refractivity contribution is -0.114. The highest BCUT2D eigenvalue weighted by Crippen LogP contribution is 2.49. The van der Waals surface area contributed by atoms with Crippen molar-refractivity contribution in [1.29, 1.82) is 5.26 Å². The number of hydrazone groups is 1.